The Morgan fingerprint density at radius 1 is 1.32 bits per heavy atom. The van der Waals surface area contributed by atoms with Crippen molar-refractivity contribution in [1.82, 2.24) is 9.80 Å². The van der Waals surface area contributed by atoms with Crippen LogP contribution >= 0.6 is 0 Å². The standard InChI is InChI=1S/C18H27N3O4/c1-18(2,3)25-17(24)21-8-7-13-5-6-15(11-14(13)12-21)19-16(23)20(4)9-10-22/h5-6,11,22H,7-10,12H2,1-4H3,(H,19,23). The topological polar surface area (TPSA) is 82.1 Å². The predicted molar refractivity (Wildman–Crippen MR) is 95.5 cm³/mol. The first-order valence-corrected chi connectivity index (χ1v) is 8.42. The number of carbonyl (C=O) groups is 2. The Labute approximate surface area is 148 Å². The van der Waals surface area contributed by atoms with E-state index in [1.807, 2.05) is 39.0 Å². The molecule has 7 heteroatoms. The summed E-state index contributed by atoms with van der Waals surface area (Å²) in [6.45, 7) is 6.80. The molecule has 0 radical (unpaired) electrons. The number of benzene rings is 1. The van der Waals surface area contributed by atoms with Crippen molar-refractivity contribution in [3.05, 3.63) is 29.3 Å². The summed E-state index contributed by atoms with van der Waals surface area (Å²) in [7, 11) is 1.62. The summed E-state index contributed by atoms with van der Waals surface area (Å²) < 4.78 is 5.43. The Kier molecular flexibility index (Phi) is 5.89. The quantitative estimate of drug-likeness (QED) is 0.878. The van der Waals surface area contributed by atoms with E-state index < -0.39 is 5.60 Å². The van der Waals surface area contributed by atoms with Gasteiger partial charge in [-0.2, -0.15) is 0 Å². The Morgan fingerprint density at radius 3 is 2.68 bits per heavy atom. The zero-order chi connectivity index (χ0) is 18.6. The highest BCUT2D eigenvalue weighted by Crippen LogP contribution is 2.24. The lowest BCUT2D eigenvalue weighted by Crippen LogP contribution is -2.40. The third-order valence-electron chi connectivity index (χ3n) is 3.90. The molecule has 0 aromatic heterocycles. The molecule has 7 nitrogen and oxygen atoms in total. The number of nitrogens with one attached hydrogen (secondary N) is 1. The highest BCUT2D eigenvalue weighted by Gasteiger charge is 2.25. The number of anilines is 1. The Bertz CT molecular complexity index is 640. The number of ether oxygens (including phenoxy) is 1. The van der Waals surface area contributed by atoms with Gasteiger partial charge in [-0.3, -0.25) is 0 Å². The fourth-order valence-electron chi connectivity index (χ4n) is 2.59. The minimum absolute atomic E-state index is 0.0844. The highest BCUT2D eigenvalue weighted by atomic mass is 16.6. The van der Waals surface area contributed by atoms with E-state index in [0.717, 1.165) is 12.0 Å². The van der Waals surface area contributed by atoms with Gasteiger partial charge in [0, 0.05) is 32.4 Å². The van der Waals surface area contributed by atoms with Crippen LogP contribution in [-0.4, -0.2) is 59.4 Å². The van der Waals surface area contributed by atoms with Gasteiger partial charge in [-0.25, -0.2) is 9.59 Å². The molecule has 1 heterocycles. The van der Waals surface area contributed by atoms with E-state index in [1.165, 1.54) is 10.5 Å². The zero-order valence-corrected chi connectivity index (χ0v) is 15.3. The molecule has 0 unspecified atom stereocenters. The van der Waals surface area contributed by atoms with E-state index in [9.17, 15) is 9.59 Å². The molecule has 0 saturated carbocycles. The van der Waals surface area contributed by atoms with Crippen LogP contribution in [0.1, 0.15) is 31.9 Å². The lowest BCUT2D eigenvalue weighted by Gasteiger charge is -2.31. The number of aliphatic hydroxyl groups excluding tert-OH is 1. The summed E-state index contributed by atoms with van der Waals surface area (Å²) in [5.74, 6) is 0. The fraction of sp³-hybridized carbons (Fsp3) is 0.556. The van der Waals surface area contributed by atoms with Crippen molar-refractivity contribution >= 4 is 17.8 Å². The fourth-order valence-corrected chi connectivity index (χ4v) is 2.59. The second-order valence-electron chi connectivity index (χ2n) is 7.21. The van der Waals surface area contributed by atoms with Crippen LogP contribution in [0.2, 0.25) is 0 Å². The maximum Gasteiger partial charge on any atom is 0.410 e. The predicted octanol–water partition coefficient (Wildman–Crippen LogP) is 2.44. The maximum atomic E-state index is 12.3. The summed E-state index contributed by atoms with van der Waals surface area (Å²) in [5.41, 5.74) is 2.31. The van der Waals surface area contributed by atoms with Crippen molar-refractivity contribution in [3.8, 4) is 0 Å². The van der Waals surface area contributed by atoms with Crippen molar-refractivity contribution in [2.24, 2.45) is 0 Å². The minimum Gasteiger partial charge on any atom is -0.444 e. The van der Waals surface area contributed by atoms with Gasteiger partial charge < -0.3 is 25.0 Å². The van der Waals surface area contributed by atoms with E-state index in [4.69, 9.17) is 9.84 Å². The van der Waals surface area contributed by atoms with E-state index >= 15 is 0 Å². The largest absolute Gasteiger partial charge is 0.444 e. The molecule has 1 aromatic rings. The first-order chi connectivity index (χ1) is 11.7. The molecule has 0 aliphatic carbocycles. The van der Waals surface area contributed by atoms with E-state index in [2.05, 4.69) is 5.32 Å². The molecule has 0 fully saturated rings. The number of carbonyl (C=O) groups excluding carboxylic acids is 2. The van der Waals surface area contributed by atoms with Crippen molar-refractivity contribution in [2.75, 3.05) is 32.1 Å². The molecule has 0 saturated heterocycles. The third kappa shape index (κ3) is 5.35. The van der Waals surface area contributed by atoms with Crippen LogP contribution in [0.3, 0.4) is 0 Å². The van der Waals surface area contributed by atoms with Gasteiger partial charge in [0.1, 0.15) is 5.60 Å². The molecule has 1 aliphatic heterocycles. The van der Waals surface area contributed by atoms with E-state index in [1.54, 1.807) is 11.9 Å². The molecule has 2 rings (SSSR count). The summed E-state index contributed by atoms with van der Waals surface area (Å²) in [4.78, 5) is 27.4. The van der Waals surface area contributed by atoms with Crippen molar-refractivity contribution in [2.45, 2.75) is 39.3 Å². The number of urea groups is 1. The number of fused-ring (bicyclic) bond motifs is 1. The van der Waals surface area contributed by atoms with Gasteiger partial charge >= 0.3 is 12.1 Å². The molecule has 2 N–H and O–H groups in total. The molecule has 1 aromatic carbocycles. The summed E-state index contributed by atoms with van der Waals surface area (Å²) in [6.07, 6.45) is 0.433. The van der Waals surface area contributed by atoms with Crippen LogP contribution in [0.5, 0.6) is 0 Å². The van der Waals surface area contributed by atoms with Gasteiger partial charge in [-0.05, 0) is 50.5 Å². The van der Waals surface area contributed by atoms with Crippen molar-refractivity contribution in [1.29, 1.82) is 0 Å². The molecule has 1 aliphatic rings. The SMILES string of the molecule is CN(CCO)C(=O)Nc1ccc2c(c1)CN(C(=O)OC(C)(C)C)CC2. The number of amides is 3. The van der Waals surface area contributed by atoms with Crippen LogP contribution in [-0.2, 0) is 17.7 Å². The minimum atomic E-state index is -0.523. The molecule has 25 heavy (non-hydrogen) atoms. The number of hydrogen-bond acceptors (Lipinski definition) is 4. The maximum absolute atomic E-state index is 12.3. The number of nitrogens with zero attached hydrogens (tertiary/aromatic N) is 2. The Morgan fingerprint density at radius 2 is 2.04 bits per heavy atom. The molecule has 3 amide bonds. The highest BCUT2D eigenvalue weighted by molar-refractivity contribution is 5.89. The van der Waals surface area contributed by atoms with Gasteiger partial charge in [0.15, 0.2) is 0 Å². The van der Waals surface area contributed by atoms with Crippen LogP contribution in [0.25, 0.3) is 0 Å². The normalized spacial score (nSPS) is 13.9. The Hall–Kier alpha value is -2.28. The van der Waals surface area contributed by atoms with Gasteiger partial charge in [0.2, 0.25) is 0 Å². The van der Waals surface area contributed by atoms with Crippen molar-refractivity contribution in [3.63, 3.8) is 0 Å². The van der Waals surface area contributed by atoms with Gasteiger partial charge in [0.25, 0.3) is 0 Å². The first-order valence-electron chi connectivity index (χ1n) is 8.42. The summed E-state index contributed by atoms with van der Waals surface area (Å²) in [6, 6.07) is 5.43. The van der Waals surface area contributed by atoms with E-state index in [0.29, 0.717) is 18.8 Å². The lowest BCUT2D eigenvalue weighted by molar-refractivity contribution is 0.0224. The summed E-state index contributed by atoms with van der Waals surface area (Å²) >= 11 is 0. The van der Waals surface area contributed by atoms with Crippen LogP contribution in [0, 0.1) is 0 Å². The van der Waals surface area contributed by atoms with Gasteiger partial charge in [-0.1, -0.05) is 6.07 Å². The first kappa shape index (κ1) is 19.1. The molecule has 138 valence electrons. The van der Waals surface area contributed by atoms with Crippen LogP contribution in [0.15, 0.2) is 18.2 Å². The number of aliphatic hydroxyl groups is 1. The van der Waals surface area contributed by atoms with Crippen LogP contribution in [0.4, 0.5) is 15.3 Å². The number of rotatable bonds is 3. The Balaban J connectivity index is 2.06. The number of hydrogen-bond donors (Lipinski definition) is 2. The average molecular weight is 349 g/mol. The number of likely N-dealkylation sites (N-methyl/N-ethyl adjacent to an activating group) is 1. The molecular weight excluding hydrogens is 322 g/mol. The molecule has 0 spiro atoms. The molecule has 0 atom stereocenters. The second kappa shape index (κ2) is 7.74. The van der Waals surface area contributed by atoms with E-state index in [-0.39, 0.29) is 25.3 Å². The molecular formula is C18H27N3O4. The van der Waals surface area contributed by atoms with Crippen LogP contribution < -0.4 is 5.32 Å². The lowest BCUT2D eigenvalue weighted by atomic mass is 9.99. The van der Waals surface area contributed by atoms with Crippen molar-refractivity contribution < 1.29 is 19.4 Å². The van der Waals surface area contributed by atoms with Gasteiger partial charge in [0.05, 0.1) is 6.61 Å². The molecule has 0 bridgehead atoms. The monoisotopic (exact) mass is 349 g/mol. The summed E-state index contributed by atoms with van der Waals surface area (Å²) in [5, 5.41) is 11.7. The van der Waals surface area contributed by atoms with Gasteiger partial charge in [-0.15, -0.1) is 0 Å². The zero-order valence-electron chi connectivity index (χ0n) is 15.3. The third-order valence-corrected chi connectivity index (χ3v) is 3.90. The smallest absolute Gasteiger partial charge is 0.410 e. The second-order valence-corrected chi connectivity index (χ2v) is 7.21. The average Bonchev–Trinajstić information content (AvgIpc) is 2.52.